The van der Waals surface area contributed by atoms with Crippen molar-refractivity contribution in [2.75, 3.05) is 27.4 Å². The fourth-order valence-electron chi connectivity index (χ4n) is 2.73. The van der Waals surface area contributed by atoms with E-state index in [9.17, 15) is 9.18 Å². The fourth-order valence-corrected chi connectivity index (χ4v) is 2.73. The van der Waals surface area contributed by atoms with Gasteiger partial charge in [-0.1, -0.05) is 0 Å². The molecule has 134 valence electrons. The topological polar surface area (TPSA) is 60.0 Å². The van der Waals surface area contributed by atoms with E-state index in [4.69, 9.17) is 14.2 Å². The molecule has 2 rings (SSSR count). The lowest BCUT2D eigenvalue weighted by atomic mass is 10.1. The van der Waals surface area contributed by atoms with E-state index in [0.717, 1.165) is 0 Å². The van der Waals surface area contributed by atoms with Crippen LogP contribution in [0.3, 0.4) is 0 Å². The van der Waals surface area contributed by atoms with Crippen LogP contribution in [0.4, 0.5) is 9.18 Å². The zero-order chi connectivity index (χ0) is 17.9. The van der Waals surface area contributed by atoms with Crippen LogP contribution in [0.1, 0.15) is 32.4 Å². The summed E-state index contributed by atoms with van der Waals surface area (Å²) in [4.78, 5) is 14.2. The van der Waals surface area contributed by atoms with Gasteiger partial charge >= 0.3 is 6.03 Å². The number of urea groups is 1. The number of hydrogen-bond donors (Lipinski definition) is 1. The van der Waals surface area contributed by atoms with E-state index in [1.54, 1.807) is 17.9 Å². The molecule has 1 heterocycles. The average Bonchev–Trinajstić information content (AvgIpc) is 2.56. The Morgan fingerprint density at radius 1 is 1.33 bits per heavy atom. The van der Waals surface area contributed by atoms with Crippen molar-refractivity contribution in [2.24, 2.45) is 0 Å². The van der Waals surface area contributed by atoms with Gasteiger partial charge in [-0.2, -0.15) is 0 Å². The zero-order valence-corrected chi connectivity index (χ0v) is 14.8. The van der Waals surface area contributed by atoms with Crippen LogP contribution < -0.4 is 14.8 Å². The highest BCUT2D eigenvalue weighted by atomic mass is 19.1. The van der Waals surface area contributed by atoms with Crippen LogP contribution in [0.25, 0.3) is 0 Å². The van der Waals surface area contributed by atoms with Gasteiger partial charge in [0.05, 0.1) is 39.0 Å². The van der Waals surface area contributed by atoms with E-state index in [0.29, 0.717) is 30.2 Å². The van der Waals surface area contributed by atoms with Crippen molar-refractivity contribution in [1.82, 2.24) is 10.2 Å². The lowest BCUT2D eigenvalue weighted by Crippen LogP contribution is -2.54. The number of hydrogen-bond acceptors (Lipinski definition) is 4. The van der Waals surface area contributed by atoms with Gasteiger partial charge in [-0.05, 0) is 26.8 Å². The van der Waals surface area contributed by atoms with E-state index in [1.807, 2.05) is 13.8 Å². The molecule has 0 radical (unpaired) electrons. The first-order valence-electron chi connectivity index (χ1n) is 7.97. The van der Waals surface area contributed by atoms with Crippen LogP contribution in [0, 0.1) is 5.82 Å². The van der Waals surface area contributed by atoms with Crippen LogP contribution in [-0.4, -0.2) is 50.4 Å². The molecule has 6 nitrogen and oxygen atoms in total. The Kier molecular flexibility index (Phi) is 5.88. The number of carbonyl (C=O) groups is 1. The van der Waals surface area contributed by atoms with Crippen molar-refractivity contribution in [2.45, 2.75) is 39.0 Å². The first-order chi connectivity index (χ1) is 11.4. The van der Waals surface area contributed by atoms with Gasteiger partial charge in [0.2, 0.25) is 0 Å². The molecule has 3 atom stereocenters. The number of morpholine rings is 1. The molecule has 1 aromatic rings. The molecule has 1 N–H and O–H groups in total. The molecule has 2 amide bonds. The van der Waals surface area contributed by atoms with E-state index in [-0.39, 0.29) is 18.2 Å². The Morgan fingerprint density at radius 2 is 1.96 bits per heavy atom. The van der Waals surface area contributed by atoms with Crippen LogP contribution in [0.2, 0.25) is 0 Å². The lowest BCUT2D eigenvalue weighted by Gasteiger charge is -2.37. The van der Waals surface area contributed by atoms with Crippen LogP contribution in [0.15, 0.2) is 12.1 Å². The van der Waals surface area contributed by atoms with Gasteiger partial charge in [0.15, 0.2) is 11.5 Å². The molecular formula is C17H25FN2O4. The molecule has 1 fully saturated rings. The predicted molar refractivity (Wildman–Crippen MR) is 88.0 cm³/mol. The molecule has 0 saturated carbocycles. The van der Waals surface area contributed by atoms with Crippen molar-refractivity contribution in [3.63, 3.8) is 0 Å². The quantitative estimate of drug-likeness (QED) is 0.915. The van der Waals surface area contributed by atoms with E-state index >= 15 is 0 Å². The smallest absolute Gasteiger partial charge is 0.318 e. The third-order valence-corrected chi connectivity index (χ3v) is 4.18. The molecule has 1 aliphatic heterocycles. The molecule has 0 aliphatic carbocycles. The summed E-state index contributed by atoms with van der Waals surface area (Å²) < 4.78 is 30.1. The third-order valence-electron chi connectivity index (χ3n) is 4.18. The van der Waals surface area contributed by atoms with E-state index < -0.39 is 11.9 Å². The van der Waals surface area contributed by atoms with Crippen LogP contribution in [0.5, 0.6) is 11.5 Å². The summed E-state index contributed by atoms with van der Waals surface area (Å²) in [5, 5.41) is 2.84. The standard InChI is InChI=1S/C17H25FN2O4/c1-10-9-24-11(2)8-20(10)17(21)19-12(3)13-6-15(22-4)16(23-5)7-14(13)18/h6-7,10-12H,8-9H2,1-5H3,(H,19,21). The Balaban J connectivity index is 2.14. The summed E-state index contributed by atoms with van der Waals surface area (Å²) in [6.07, 6.45) is -0.0138. The highest BCUT2D eigenvalue weighted by Crippen LogP contribution is 2.32. The molecule has 0 spiro atoms. The Morgan fingerprint density at radius 3 is 2.58 bits per heavy atom. The molecule has 7 heteroatoms. The number of nitrogens with zero attached hydrogens (tertiary/aromatic N) is 1. The van der Waals surface area contributed by atoms with Gasteiger partial charge in [-0.15, -0.1) is 0 Å². The molecule has 1 aromatic carbocycles. The zero-order valence-electron chi connectivity index (χ0n) is 14.8. The highest BCUT2D eigenvalue weighted by Gasteiger charge is 2.29. The number of amides is 2. The lowest BCUT2D eigenvalue weighted by molar-refractivity contribution is -0.0320. The summed E-state index contributed by atoms with van der Waals surface area (Å²) in [7, 11) is 2.93. The largest absolute Gasteiger partial charge is 0.493 e. The van der Waals surface area contributed by atoms with Crippen LogP contribution >= 0.6 is 0 Å². The number of halogens is 1. The van der Waals surface area contributed by atoms with Gasteiger partial charge in [-0.3, -0.25) is 0 Å². The molecular weight excluding hydrogens is 315 g/mol. The molecule has 0 aromatic heterocycles. The summed E-state index contributed by atoms with van der Waals surface area (Å²) in [5.74, 6) is 0.278. The van der Waals surface area contributed by atoms with Gasteiger partial charge in [0, 0.05) is 18.2 Å². The molecule has 3 unspecified atom stereocenters. The summed E-state index contributed by atoms with van der Waals surface area (Å²) in [6, 6.07) is 2.03. The second-order valence-corrected chi connectivity index (χ2v) is 6.05. The second-order valence-electron chi connectivity index (χ2n) is 6.05. The monoisotopic (exact) mass is 340 g/mol. The molecule has 1 saturated heterocycles. The maximum Gasteiger partial charge on any atom is 0.318 e. The molecule has 1 aliphatic rings. The van der Waals surface area contributed by atoms with Gasteiger partial charge in [0.1, 0.15) is 5.82 Å². The number of methoxy groups -OCH3 is 2. The number of ether oxygens (including phenoxy) is 3. The van der Waals surface area contributed by atoms with Gasteiger partial charge in [-0.25, -0.2) is 9.18 Å². The average molecular weight is 340 g/mol. The highest BCUT2D eigenvalue weighted by molar-refractivity contribution is 5.75. The summed E-state index contributed by atoms with van der Waals surface area (Å²) in [5.41, 5.74) is 0.343. The predicted octanol–water partition coefficient (Wildman–Crippen LogP) is 2.72. The maximum absolute atomic E-state index is 14.3. The minimum atomic E-state index is -0.511. The van der Waals surface area contributed by atoms with Crippen molar-refractivity contribution < 1.29 is 23.4 Å². The fraction of sp³-hybridized carbons (Fsp3) is 0.588. The minimum Gasteiger partial charge on any atom is -0.493 e. The first kappa shape index (κ1) is 18.3. The Hall–Kier alpha value is -2.02. The number of carbonyl (C=O) groups excluding carboxylic acids is 1. The van der Waals surface area contributed by atoms with E-state index in [1.165, 1.54) is 20.3 Å². The van der Waals surface area contributed by atoms with Crippen molar-refractivity contribution in [3.05, 3.63) is 23.5 Å². The normalized spacial score (nSPS) is 22.0. The second kappa shape index (κ2) is 7.70. The minimum absolute atomic E-state index is 0.0138. The Labute approximate surface area is 141 Å². The number of rotatable bonds is 4. The molecule has 0 bridgehead atoms. The summed E-state index contributed by atoms with van der Waals surface area (Å²) in [6.45, 7) is 6.58. The maximum atomic E-state index is 14.3. The Bertz CT molecular complexity index is 596. The third kappa shape index (κ3) is 3.90. The van der Waals surface area contributed by atoms with Crippen LogP contribution in [-0.2, 0) is 4.74 Å². The summed E-state index contributed by atoms with van der Waals surface area (Å²) >= 11 is 0. The number of benzene rings is 1. The van der Waals surface area contributed by atoms with E-state index in [2.05, 4.69) is 5.32 Å². The van der Waals surface area contributed by atoms with Crippen molar-refractivity contribution in [3.8, 4) is 11.5 Å². The van der Waals surface area contributed by atoms with Crippen molar-refractivity contribution in [1.29, 1.82) is 0 Å². The molecule has 24 heavy (non-hydrogen) atoms. The SMILES string of the molecule is COc1cc(F)c(C(C)NC(=O)N2CC(C)OCC2C)cc1OC. The number of nitrogens with one attached hydrogen (secondary N) is 1. The van der Waals surface area contributed by atoms with Gasteiger partial charge < -0.3 is 24.4 Å². The van der Waals surface area contributed by atoms with Gasteiger partial charge in [0.25, 0.3) is 0 Å². The first-order valence-corrected chi connectivity index (χ1v) is 7.97. The van der Waals surface area contributed by atoms with Crippen molar-refractivity contribution >= 4 is 6.03 Å².